The number of rotatable bonds is 8. The number of halogens is 4. The Balaban J connectivity index is 1.36. The van der Waals surface area contributed by atoms with Gasteiger partial charge in [0.15, 0.2) is 5.65 Å². The van der Waals surface area contributed by atoms with E-state index in [1.807, 2.05) is 9.58 Å². The fourth-order valence-corrected chi connectivity index (χ4v) is 4.98. The number of hydrogen-bond donors (Lipinski definition) is 3. The van der Waals surface area contributed by atoms with E-state index in [9.17, 15) is 27.5 Å². The molecule has 4 N–H and O–H groups in total. The highest BCUT2D eigenvalue weighted by atomic mass is 19.4. The van der Waals surface area contributed by atoms with Gasteiger partial charge in [0.1, 0.15) is 35.6 Å². The van der Waals surface area contributed by atoms with Crippen molar-refractivity contribution in [3.63, 3.8) is 0 Å². The summed E-state index contributed by atoms with van der Waals surface area (Å²) in [4.78, 5) is 23.1. The van der Waals surface area contributed by atoms with Crippen molar-refractivity contribution >= 4 is 22.8 Å². The van der Waals surface area contributed by atoms with Gasteiger partial charge in [0.05, 0.1) is 17.0 Å². The summed E-state index contributed by atoms with van der Waals surface area (Å²) in [5.41, 5.74) is 8.24. The molecule has 1 amide bonds. The van der Waals surface area contributed by atoms with E-state index >= 15 is 0 Å². The summed E-state index contributed by atoms with van der Waals surface area (Å²) < 4.78 is 57.3. The van der Waals surface area contributed by atoms with Gasteiger partial charge in [-0.2, -0.15) is 5.10 Å². The molecular weight excluding hydrogens is 558 g/mol. The number of nitrogen functional groups attached to an aromatic ring is 1. The molecule has 1 saturated heterocycles. The normalized spacial score (nSPS) is 16.7. The number of hydrogen-bond acceptors (Lipinski definition) is 8. The van der Waals surface area contributed by atoms with Crippen LogP contribution in [0.15, 0.2) is 61.4 Å². The van der Waals surface area contributed by atoms with Crippen molar-refractivity contribution in [2.75, 3.05) is 18.8 Å². The predicted octanol–water partition coefficient (Wildman–Crippen LogP) is 4.18. The highest BCUT2D eigenvalue weighted by Crippen LogP contribution is 2.34. The second-order valence-electron chi connectivity index (χ2n) is 9.76. The van der Waals surface area contributed by atoms with Gasteiger partial charge in [0.2, 0.25) is 0 Å². The number of aromatic nitrogens is 4. The molecule has 0 spiro atoms. The summed E-state index contributed by atoms with van der Waals surface area (Å²) in [6, 6.07) is 9.20. The second-order valence-corrected chi connectivity index (χ2v) is 9.76. The fraction of sp³-hybridized carbons (Fsp3) is 0.286. The van der Waals surface area contributed by atoms with E-state index in [0.717, 1.165) is 31.5 Å². The van der Waals surface area contributed by atoms with Crippen molar-refractivity contribution in [2.45, 2.75) is 38.0 Å². The maximum Gasteiger partial charge on any atom is 0.573 e. The number of anilines is 1. The third-order valence-corrected chi connectivity index (χ3v) is 6.97. The quantitative estimate of drug-likeness (QED) is 0.207. The summed E-state index contributed by atoms with van der Waals surface area (Å²) in [5, 5.41) is 18.2. The van der Waals surface area contributed by atoms with E-state index in [-0.39, 0.29) is 18.4 Å². The lowest BCUT2D eigenvalue weighted by Crippen LogP contribution is -2.42. The van der Waals surface area contributed by atoms with Crippen molar-refractivity contribution in [2.24, 2.45) is 0 Å². The first-order valence-corrected chi connectivity index (χ1v) is 13.0. The van der Waals surface area contributed by atoms with Gasteiger partial charge in [-0.3, -0.25) is 9.69 Å². The number of likely N-dealkylation sites (tertiary alicyclic amines) is 1. The van der Waals surface area contributed by atoms with Crippen LogP contribution in [0.25, 0.3) is 22.3 Å². The molecule has 42 heavy (non-hydrogen) atoms. The molecule has 0 aliphatic carbocycles. The topological polar surface area (TPSA) is 131 Å². The van der Waals surface area contributed by atoms with Crippen LogP contribution in [0.1, 0.15) is 34.8 Å². The van der Waals surface area contributed by atoms with Gasteiger partial charge in [-0.15, -0.1) is 13.2 Å². The molecule has 2 aromatic carbocycles. The maximum absolute atomic E-state index is 13.5. The molecule has 1 aliphatic heterocycles. The Morgan fingerprint density at radius 1 is 1.24 bits per heavy atom. The molecule has 3 heterocycles. The molecule has 2 aromatic heterocycles. The average molecular weight is 586 g/mol. The Kier molecular flexibility index (Phi) is 8.09. The minimum atomic E-state index is -5.09. The SMILES string of the molecule is C=CC(O)N1CCC[C@@H](n2nc(-c3ccc(CNC(=O)c4ccc(F)cc4OC(F)(F)F)cc3)c3c(N)ncnc32)C1. The molecule has 10 nitrogen and oxygen atoms in total. The van der Waals surface area contributed by atoms with Crippen LogP contribution in [0.2, 0.25) is 0 Å². The van der Waals surface area contributed by atoms with Crippen LogP contribution >= 0.6 is 0 Å². The van der Waals surface area contributed by atoms with Crippen LogP contribution in [-0.2, 0) is 6.54 Å². The van der Waals surface area contributed by atoms with Gasteiger partial charge < -0.3 is 20.9 Å². The van der Waals surface area contributed by atoms with Gasteiger partial charge in [-0.25, -0.2) is 19.0 Å². The van der Waals surface area contributed by atoms with Crippen molar-refractivity contribution in [3.8, 4) is 17.0 Å². The molecule has 5 rings (SSSR count). The largest absolute Gasteiger partial charge is 0.573 e. The number of nitrogens with zero attached hydrogens (tertiary/aromatic N) is 5. The maximum atomic E-state index is 13.5. The molecule has 1 unspecified atom stereocenters. The molecule has 2 atom stereocenters. The number of nitrogens with one attached hydrogen (secondary N) is 1. The zero-order valence-electron chi connectivity index (χ0n) is 22.2. The van der Waals surface area contributed by atoms with E-state index in [1.54, 1.807) is 24.3 Å². The fourth-order valence-electron chi connectivity index (χ4n) is 4.98. The first kappa shape index (κ1) is 29.0. The predicted molar refractivity (Wildman–Crippen MR) is 145 cm³/mol. The Hall–Kier alpha value is -4.56. The number of alkyl halides is 3. The number of carbonyl (C=O) groups excluding carboxylic acids is 1. The highest BCUT2D eigenvalue weighted by Gasteiger charge is 2.33. The number of nitrogens with two attached hydrogens (primary N) is 1. The van der Waals surface area contributed by atoms with Crippen molar-refractivity contribution in [3.05, 3.63) is 78.4 Å². The number of aliphatic hydroxyl groups is 1. The van der Waals surface area contributed by atoms with Crippen LogP contribution in [0.3, 0.4) is 0 Å². The molecular formula is C28H27F4N7O3. The Morgan fingerprint density at radius 3 is 2.71 bits per heavy atom. The Morgan fingerprint density at radius 2 is 2.00 bits per heavy atom. The standard InChI is InChI=1S/C28H27F4N7O3/c1-2-22(40)38-11-3-4-19(14-38)39-26-23(25(33)35-15-36-26)24(37-39)17-7-5-16(6-8-17)13-34-27(41)20-10-9-18(29)12-21(20)42-28(30,31)32/h2,5-10,12,15,19,22,40H,1,3-4,11,13-14H2,(H,34,41)(H2,33,35,36)/t19-,22?/m1/s1. The summed E-state index contributed by atoms with van der Waals surface area (Å²) in [6.45, 7) is 4.91. The summed E-state index contributed by atoms with van der Waals surface area (Å²) in [7, 11) is 0. The minimum Gasteiger partial charge on any atom is -0.405 e. The number of carbonyl (C=O) groups is 1. The average Bonchev–Trinajstić information content (AvgIpc) is 3.36. The van der Waals surface area contributed by atoms with Crippen molar-refractivity contribution < 1.29 is 32.2 Å². The summed E-state index contributed by atoms with van der Waals surface area (Å²) in [5.74, 6) is -2.51. The van der Waals surface area contributed by atoms with Crippen molar-refractivity contribution in [1.29, 1.82) is 0 Å². The third-order valence-electron chi connectivity index (χ3n) is 6.97. The van der Waals surface area contributed by atoms with Crippen LogP contribution in [0.4, 0.5) is 23.4 Å². The number of piperidine rings is 1. The third kappa shape index (κ3) is 6.19. The Labute approximate surface area is 237 Å². The lowest BCUT2D eigenvalue weighted by molar-refractivity contribution is -0.274. The van der Waals surface area contributed by atoms with Gasteiger partial charge in [0.25, 0.3) is 5.91 Å². The lowest BCUT2D eigenvalue weighted by atomic mass is 10.1. The molecule has 0 saturated carbocycles. The monoisotopic (exact) mass is 585 g/mol. The second kappa shape index (κ2) is 11.7. The van der Waals surface area contributed by atoms with E-state index in [4.69, 9.17) is 10.8 Å². The van der Waals surface area contributed by atoms with Crippen LogP contribution in [-0.4, -0.2) is 61.3 Å². The molecule has 0 radical (unpaired) electrons. The zero-order valence-corrected chi connectivity index (χ0v) is 22.2. The molecule has 220 valence electrons. The molecule has 0 bridgehead atoms. The number of aliphatic hydroxyl groups excluding tert-OH is 1. The van der Waals surface area contributed by atoms with Gasteiger partial charge in [-0.1, -0.05) is 30.8 Å². The van der Waals surface area contributed by atoms with E-state index in [2.05, 4.69) is 26.6 Å². The highest BCUT2D eigenvalue weighted by molar-refractivity contribution is 5.98. The number of fused-ring (bicyclic) bond motifs is 1. The van der Waals surface area contributed by atoms with E-state index in [0.29, 0.717) is 40.5 Å². The minimum absolute atomic E-state index is 0.0219. The Bertz CT molecular complexity index is 1610. The molecule has 14 heteroatoms. The number of benzene rings is 2. The first-order valence-electron chi connectivity index (χ1n) is 13.0. The lowest BCUT2D eigenvalue weighted by Gasteiger charge is -2.34. The summed E-state index contributed by atoms with van der Waals surface area (Å²) in [6.07, 6.45) is -1.34. The van der Waals surface area contributed by atoms with Crippen LogP contribution < -0.4 is 15.8 Å². The first-order chi connectivity index (χ1) is 20.0. The van der Waals surface area contributed by atoms with Crippen LogP contribution in [0, 0.1) is 5.82 Å². The zero-order chi connectivity index (χ0) is 30.0. The molecule has 4 aromatic rings. The van der Waals surface area contributed by atoms with Gasteiger partial charge in [-0.05, 0) is 36.6 Å². The van der Waals surface area contributed by atoms with E-state index < -0.39 is 35.6 Å². The molecule has 1 fully saturated rings. The number of ether oxygens (including phenoxy) is 1. The van der Waals surface area contributed by atoms with Gasteiger partial charge >= 0.3 is 6.36 Å². The van der Waals surface area contributed by atoms with Crippen molar-refractivity contribution in [1.82, 2.24) is 30.0 Å². The van der Waals surface area contributed by atoms with Crippen LogP contribution in [0.5, 0.6) is 5.75 Å². The number of amides is 1. The van der Waals surface area contributed by atoms with Gasteiger partial charge in [0, 0.05) is 31.3 Å². The molecule has 1 aliphatic rings. The smallest absolute Gasteiger partial charge is 0.405 e. The summed E-state index contributed by atoms with van der Waals surface area (Å²) >= 11 is 0. The van der Waals surface area contributed by atoms with E-state index in [1.165, 1.54) is 12.4 Å².